The summed E-state index contributed by atoms with van der Waals surface area (Å²) in [7, 11) is 0. The number of hydrogen-bond acceptors (Lipinski definition) is 4. The highest BCUT2D eigenvalue weighted by Gasteiger charge is 2.15. The van der Waals surface area contributed by atoms with E-state index in [0.29, 0.717) is 13.1 Å². The number of aromatic nitrogens is 2. The van der Waals surface area contributed by atoms with Gasteiger partial charge in [-0.2, -0.15) is 5.10 Å². The molecule has 6 nitrogen and oxygen atoms in total. The molecule has 1 heterocycles. The summed E-state index contributed by atoms with van der Waals surface area (Å²) >= 11 is 0. The molecule has 0 aliphatic carbocycles. The molecule has 0 unspecified atom stereocenters. The van der Waals surface area contributed by atoms with Crippen LogP contribution in [0.3, 0.4) is 0 Å². The molecule has 0 spiro atoms. The van der Waals surface area contributed by atoms with Crippen LogP contribution in [0.15, 0.2) is 24.3 Å². The molecular formula is C13H16N4O2. The van der Waals surface area contributed by atoms with Crippen LogP contribution >= 0.6 is 0 Å². The first-order valence-corrected chi connectivity index (χ1v) is 6.03. The highest BCUT2D eigenvalue weighted by atomic mass is 16.6. The molecule has 0 bridgehead atoms. The normalized spacial score (nSPS) is 10.7. The SMILES string of the molecule is Cc1nn(CCN)c(C)c1-c1cccc([N+](=O)[O-])c1. The zero-order chi connectivity index (χ0) is 14.0. The van der Waals surface area contributed by atoms with Crippen molar-refractivity contribution in [1.29, 1.82) is 0 Å². The smallest absolute Gasteiger partial charge is 0.270 e. The van der Waals surface area contributed by atoms with E-state index in [0.717, 1.165) is 22.5 Å². The van der Waals surface area contributed by atoms with Gasteiger partial charge in [0.1, 0.15) is 0 Å². The number of nitro benzene ring substituents is 1. The summed E-state index contributed by atoms with van der Waals surface area (Å²) < 4.78 is 1.84. The molecule has 19 heavy (non-hydrogen) atoms. The molecule has 0 saturated carbocycles. The van der Waals surface area contributed by atoms with Crippen molar-refractivity contribution in [2.45, 2.75) is 20.4 Å². The Kier molecular flexibility index (Phi) is 3.62. The molecule has 0 aliphatic heterocycles. The van der Waals surface area contributed by atoms with E-state index in [2.05, 4.69) is 5.10 Å². The third kappa shape index (κ3) is 2.48. The second kappa shape index (κ2) is 5.19. The van der Waals surface area contributed by atoms with E-state index in [1.165, 1.54) is 6.07 Å². The Morgan fingerprint density at radius 3 is 2.79 bits per heavy atom. The molecule has 100 valence electrons. The minimum Gasteiger partial charge on any atom is -0.329 e. The maximum Gasteiger partial charge on any atom is 0.270 e. The van der Waals surface area contributed by atoms with Gasteiger partial charge in [-0.05, 0) is 19.4 Å². The molecular weight excluding hydrogens is 244 g/mol. The average molecular weight is 260 g/mol. The number of nitrogens with zero attached hydrogens (tertiary/aromatic N) is 3. The van der Waals surface area contributed by atoms with Gasteiger partial charge in [0.25, 0.3) is 5.69 Å². The third-order valence-corrected chi connectivity index (χ3v) is 3.07. The van der Waals surface area contributed by atoms with Crippen LogP contribution in [-0.4, -0.2) is 21.2 Å². The molecule has 0 saturated heterocycles. The van der Waals surface area contributed by atoms with E-state index < -0.39 is 4.92 Å². The quantitative estimate of drug-likeness (QED) is 0.673. The summed E-state index contributed by atoms with van der Waals surface area (Å²) in [5.41, 5.74) is 9.21. The zero-order valence-electron chi connectivity index (χ0n) is 11.0. The van der Waals surface area contributed by atoms with Gasteiger partial charge in [-0.1, -0.05) is 12.1 Å². The van der Waals surface area contributed by atoms with Crippen LogP contribution < -0.4 is 5.73 Å². The van der Waals surface area contributed by atoms with Gasteiger partial charge in [0.05, 0.1) is 17.2 Å². The molecule has 2 rings (SSSR count). The predicted octanol–water partition coefficient (Wildman–Crippen LogP) is 2.03. The fourth-order valence-corrected chi connectivity index (χ4v) is 2.23. The summed E-state index contributed by atoms with van der Waals surface area (Å²) in [6.45, 7) is 5.00. The van der Waals surface area contributed by atoms with Gasteiger partial charge in [0, 0.05) is 29.9 Å². The molecule has 0 amide bonds. The Balaban J connectivity index is 2.52. The fourth-order valence-electron chi connectivity index (χ4n) is 2.23. The van der Waals surface area contributed by atoms with Crippen LogP contribution in [0.5, 0.6) is 0 Å². The van der Waals surface area contributed by atoms with E-state index in [4.69, 9.17) is 5.73 Å². The Morgan fingerprint density at radius 2 is 2.16 bits per heavy atom. The van der Waals surface area contributed by atoms with Crippen LogP contribution in [0.25, 0.3) is 11.1 Å². The van der Waals surface area contributed by atoms with Gasteiger partial charge in [-0.3, -0.25) is 14.8 Å². The monoisotopic (exact) mass is 260 g/mol. The summed E-state index contributed by atoms with van der Waals surface area (Å²) in [5, 5.41) is 15.2. The average Bonchev–Trinajstić information content (AvgIpc) is 2.65. The molecule has 1 aromatic carbocycles. The number of nitrogens with two attached hydrogens (primary N) is 1. The lowest BCUT2D eigenvalue weighted by molar-refractivity contribution is -0.384. The molecule has 1 aromatic heterocycles. The highest BCUT2D eigenvalue weighted by Crippen LogP contribution is 2.29. The second-order valence-electron chi connectivity index (χ2n) is 4.37. The summed E-state index contributed by atoms with van der Waals surface area (Å²) in [6.07, 6.45) is 0. The Hall–Kier alpha value is -2.21. The minimum atomic E-state index is -0.390. The fraction of sp³-hybridized carbons (Fsp3) is 0.308. The van der Waals surface area contributed by atoms with Gasteiger partial charge in [0.2, 0.25) is 0 Å². The Bertz CT molecular complexity index is 619. The van der Waals surface area contributed by atoms with Crippen LogP contribution in [0.1, 0.15) is 11.4 Å². The summed E-state index contributed by atoms with van der Waals surface area (Å²) in [4.78, 5) is 10.4. The second-order valence-corrected chi connectivity index (χ2v) is 4.37. The van der Waals surface area contributed by atoms with Crippen LogP contribution in [0, 0.1) is 24.0 Å². The summed E-state index contributed by atoms with van der Waals surface area (Å²) in [6, 6.07) is 6.60. The predicted molar refractivity (Wildman–Crippen MR) is 72.8 cm³/mol. The van der Waals surface area contributed by atoms with E-state index in [1.54, 1.807) is 12.1 Å². The van der Waals surface area contributed by atoms with Gasteiger partial charge in [-0.15, -0.1) is 0 Å². The maximum atomic E-state index is 10.8. The van der Waals surface area contributed by atoms with Gasteiger partial charge in [0.15, 0.2) is 0 Å². The van der Waals surface area contributed by atoms with Gasteiger partial charge in [-0.25, -0.2) is 0 Å². The van der Waals surface area contributed by atoms with Crippen molar-refractivity contribution in [1.82, 2.24) is 9.78 Å². The topological polar surface area (TPSA) is 87.0 Å². The van der Waals surface area contributed by atoms with Crippen molar-refractivity contribution in [3.05, 3.63) is 45.8 Å². The maximum absolute atomic E-state index is 10.8. The molecule has 2 aromatic rings. The molecule has 2 N–H and O–H groups in total. The van der Waals surface area contributed by atoms with Crippen LogP contribution in [0.4, 0.5) is 5.69 Å². The van der Waals surface area contributed by atoms with Crippen molar-refractivity contribution in [2.24, 2.45) is 5.73 Å². The lowest BCUT2D eigenvalue weighted by Crippen LogP contribution is -2.12. The zero-order valence-corrected chi connectivity index (χ0v) is 11.0. The Labute approximate surface area is 111 Å². The molecule has 0 aliphatic rings. The summed E-state index contributed by atoms with van der Waals surface area (Å²) in [5.74, 6) is 0. The van der Waals surface area contributed by atoms with Crippen molar-refractivity contribution >= 4 is 5.69 Å². The first-order chi connectivity index (χ1) is 9.04. The van der Waals surface area contributed by atoms with E-state index in [-0.39, 0.29) is 5.69 Å². The van der Waals surface area contributed by atoms with E-state index in [9.17, 15) is 10.1 Å². The largest absolute Gasteiger partial charge is 0.329 e. The van der Waals surface area contributed by atoms with Crippen molar-refractivity contribution < 1.29 is 4.92 Å². The molecule has 0 radical (unpaired) electrons. The number of aryl methyl sites for hydroxylation is 1. The molecule has 0 atom stereocenters. The first kappa shape index (κ1) is 13.2. The number of non-ortho nitro benzene ring substituents is 1. The highest BCUT2D eigenvalue weighted by molar-refractivity contribution is 5.70. The van der Waals surface area contributed by atoms with Gasteiger partial charge >= 0.3 is 0 Å². The van der Waals surface area contributed by atoms with Crippen molar-refractivity contribution in [2.75, 3.05) is 6.54 Å². The number of nitro groups is 1. The first-order valence-electron chi connectivity index (χ1n) is 6.03. The molecule has 6 heteroatoms. The minimum absolute atomic E-state index is 0.0860. The van der Waals surface area contributed by atoms with Crippen molar-refractivity contribution in [3.63, 3.8) is 0 Å². The standard InChI is InChI=1S/C13H16N4O2/c1-9-13(10(2)16(15-9)7-6-14)11-4-3-5-12(8-11)17(18)19/h3-5,8H,6-7,14H2,1-2H3. The van der Waals surface area contributed by atoms with Crippen molar-refractivity contribution in [3.8, 4) is 11.1 Å². The number of hydrogen-bond donors (Lipinski definition) is 1. The van der Waals surface area contributed by atoms with Gasteiger partial charge < -0.3 is 5.73 Å². The lowest BCUT2D eigenvalue weighted by atomic mass is 10.0. The number of benzene rings is 1. The van der Waals surface area contributed by atoms with Crippen LogP contribution in [-0.2, 0) is 6.54 Å². The molecule has 0 fully saturated rings. The Morgan fingerprint density at radius 1 is 1.42 bits per heavy atom. The van der Waals surface area contributed by atoms with E-state index in [1.807, 2.05) is 24.6 Å². The van der Waals surface area contributed by atoms with E-state index >= 15 is 0 Å². The third-order valence-electron chi connectivity index (χ3n) is 3.07. The number of rotatable bonds is 4. The lowest BCUT2D eigenvalue weighted by Gasteiger charge is -2.04. The van der Waals surface area contributed by atoms with Crippen LogP contribution in [0.2, 0.25) is 0 Å².